The average Bonchev–Trinajstić information content (AvgIpc) is 2.82. The van der Waals surface area contributed by atoms with E-state index < -0.39 is 11.6 Å². The molecule has 1 aliphatic rings. The smallest absolute Gasteiger partial charge is 0.338 e. The van der Waals surface area contributed by atoms with Gasteiger partial charge in [0.2, 0.25) is 5.95 Å². The summed E-state index contributed by atoms with van der Waals surface area (Å²) in [4.78, 5) is 37.2. The third kappa shape index (κ3) is 4.54. The summed E-state index contributed by atoms with van der Waals surface area (Å²) in [5, 5.41) is 0.807. The number of nitrogens with zero attached hydrogens (tertiary/aromatic N) is 4. The summed E-state index contributed by atoms with van der Waals surface area (Å²) in [6.45, 7) is 8.96. The molecule has 0 N–H and O–H groups in total. The number of aryl methyl sites for hydroxylation is 1. The molecular formula is C28H28N4O3. The van der Waals surface area contributed by atoms with Crippen molar-refractivity contribution in [3.8, 4) is 5.69 Å². The zero-order chi connectivity index (χ0) is 24.7. The van der Waals surface area contributed by atoms with Gasteiger partial charge < -0.3 is 9.64 Å². The fourth-order valence-corrected chi connectivity index (χ4v) is 4.39. The number of fused-ring (bicyclic) bond motifs is 2. The van der Waals surface area contributed by atoms with E-state index in [0.29, 0.717) is 22.8 Å². The van der Waals surface area contributed by atoms with Crippen molar-refractivity contribution in [3.05, 3.63) is 93.4 Å². The molecule has 7 nitrogen and oxygen atoms in total. The Hall–Kier alpha value is -4.00. The SMILES string of the molecule is Cc1nc(N2CCc3ccccc3C2)nc2c1ccc(=O)n2-c1ccc(C(=O)OC(C)(C)C)cc1. The molecule has 7 heteroatoms. The minimum atomic E-state index is -0.581. The molecule has 0 fully saturated rings. The zero-order valence-corrected chi connectivity index (χ0v) is 20.4. The lowest BCUT2D eigenvalue weighted by Gasteiger charge is -2.29. The van der Waals surface area contributed by atoms with Crippen molar-refractivity contribution in [1.82, 2.24) is 14.5 Å². The van der Waals surface area contributed by atoms with Crippen LogP contribution in [0.1, 0.15) is 48.0 Å². The van der Waals surface area contributed by atoms with E-state index in [4.69, 9.17) is 14.7 Å². The van der Waals surface area contributed by atoms with Gasteiger partial charge in [0.25, 0.3) is 5.56 Å². The normalized spacial score (nSPS) is 13.5. The quantitative estimate of drug-likeness (QED) is 0.409. The van der Waals surface area contributed by atoms with E-state index in [1.54, 1.807) is 34.9 Å². The number of ether oxygens (including phenoxy) is 1. The average molecular weight is 469 g/mol. The lowest BCUT2D eigenvalue weighted by molar-refractivity contribution is 0.00695. The van der Waals surface area contributed by atoms with Gasteiger partial charge in [-0.3, -0.25) is 9.36 Å². The molecule has 4 aromatic rings. The van der Waals surface area contributed by atoms with E-state index in [9.17, 15) is 9.59 Å². The van der Waals surface area contributed by atoms with Crippen LogP contribution in [-0.2, 0) is 17.7 Å². The number of hydrogen-bond donors (Lipinski definition) is 0. The predicted molar refractivity (Wildman–Crippen MR) is 136 cm³/mol. The Morgan fingerprint density at radius 2 is 1.66 bits per heavy atom. The highest BCUT2D eigenvalue weighted by Gasteiger charge is 2.21. The first-order valence-electron chi connectivity index (χ1n) is 11.8. The Morgan fingerprint density at radius 3 is 2.37 bits per heavy atom. The number of esters is 1. The van der Waals surface area contributed by atoms with Gasteiger partial charge in [0.15, 0.2) is 5.65 Å². The van der Waals surface area contributed by atoms with E-state index in [1.165, 1.54) is 17.2 Å². The Bertz CT molecular complexity index is 1480. The van der Waals surface area contributed by atoms with E-state index in [0.717, 1.165) is 30.6 Å². The monoisotopic (exact) mass is 468 g/mol. The van der Waals surface area contributed by atoms with Gasteiger partial charge in [-0.15, -0.1) is 0 Å². The fraction of sp³-hybridized carbons (Fsp3) is 0.286. The van der Waals surface area contributed by atoms with Gasteiger partial charge >= 0.3 is 5.97 Å². The van der Waals surface area contributed by atoms with Crippen LogP contribution in [0.4, 0.5) is 5.95 Å². The maximum atomic E-state index is 13.0. The van der Waals surface area contributed by atoms with Gasteiger partial charge in [0.1, 0.15) is 5.60 Å². The van der Waals surface area contributed by atoms with Crippen LogP contribution in [0.3, 0.4) is 0 Å². The highest BCUT2D eigenvalue weighted by Crippen LogP contribution is 2.25. The third-order valence-corrected chi connectivity index (χ3v) is 6.10. The number of pyridine rings is 1. The van der Waals surface area contributed by atoms with E-state index in [1.807, 2.05) is 33.8 Å². The van der Waals surface area contributed by atoms with Crippen molar-refractivity contribution in [2.45, 2.75) is 46.3 Å². The second-order valence-electron chi connectivity index (χ2n) is 9.84. The van der Waals surface area contributed by atoms with Crippen LogP contribution in [0.25, 0.3) is 16.7 Å². The number of benzene rings is 2. The molecule has 2 aromatic carbocycles. The maximum Gasteiger partial charge on any atom is 0.338 e. The van der Waals surface area contributed by atoms with Crippen LogP contribution in [0.2, 0.25) is 0 Å². The first-order chi connectivity index (χ1) is 16.7. The standard InChI is InChI=1S/C28H28N4O3/c1-18-23-13-14-24(33)32(22-11-9-20(10-12-22)26(34)35-28(2,3)4)25(23)30-27(29-18)31-16-15-19-7-5-6-8-21(19)17-31/h5-14H,15-17H2,1-4H3. The number of aromatic nitrogens is 3. The molecule has 0 atom stereocenters. The minimum absolute atomic E-state index is 0.199. The van der Waals surface area contributed by atoms with Crippen molar-refractivity contribution >= 4 is 23.0 Å². The van der Waals surface area contributed by atoms with Gasteiger partial charge in [0, 0.05) is 24.5 Å². The largest absolute Gasteiger partial charge is 0.456 e. The summed E-state index contributed by atoms with van der Waals surface area (Å²) < 4.78 is 7.03. The molecule has 5 rings (SSSR count). The molecule has 0 aliphatic carbocycles. The molecule has 35 heavy (non-hydrogen) atoms. The highest BCUT2D eigenvalue weighted by atomic mass is 16.6. The number of carbonyl (C=O) groups is 1. The Labute approximate surface area is 204 Å². The molecule has 0 saturated carbocycles. The molecule has 0 unspecified atom stereocenters. The molecule has 0 saturated heterocycles. The van der Waals surface area contributed by atoms with Crippen LogP contribution >= 0.6 is 0 Å². The van der Waals surface area contributed by atoms with Crippen LogP contribution in [0.5, 0.6) is 0 Å². The lowest BCUT2D eigenvalue weighted by atomic mass is 10.0. The molecule has 2 aromatic heterocycles. The molecule has 0 amide bonds. The molecule has 178 valence electrons. The summed E-state index contributed by atoms with van der Waals surface area (Å²) >= 11 is 0. The van der Waals surface area contributed by atoms with E-state index >= 15 is 0 Å². The Balaban J connectivity index is 1.55. The summed E-state index contributed by atoms with van der Waals surface area (Å²) in [6, 6.07) is 18.5. The second-order valence-corrected chi connectivity index (χ2v) is 9.84. The van der Waals surface area contributed by atoms with Gasteiger partial charge in [0.05, 0.1) is 16.9 Å². The van der Waals surface area contributed by atoms with Crippen LogP contribution in [0, 0.1) is 6.92 Å². The maximum absolute atomic E-state index is 13.0. The molecule has 0 bridgehead atoms. The van der Waals surface area contributed by atoms with Gasteiger partial charge in [-0.05, 0) is 75.6 Å². The van der Waals surface area contributed by atoms with Gasteiger partial charge in [-0.1, -0.05) is 24.3 Å². The number of anilines is 1. The summed E-state index contributed by atoms with van der Waals surface area (Å²) in [5.41, 5.74) is 4.24. The van der Waals surface area contributed by atoms with Crippen molar-refractivity contribution in [3.63, 3.8) is 0 Å². The fourth-order valence-electron chi connectivity index (χ4n) is 4.39. The lowest BCUT2D eigenvalue weighted by Crippen LogP contribution is -2.32. The van der Waals surface area contributed by atoms with Crippen molar-refractivity contribution < 1.29 is 9.53 Å². The summed E-state index contributed by atoms with van der Waals surface area (Å²) in [5.74, 6) is 0.203. The van der Waals surface area contributed by atoms with E-state index in [-0.39, 0.29) is 5.56 Å². The summed E-state index contributed by atoms with van der Waals surface area (Å²) in [6.07, 6.45) is 0.921. The van der Waals surface area contributed by atoms with Crippen molar-refractivity contribution in [2.75, 3.05) is 11.4 Å². The Morgan fingerprint density at radius 1 is 0.943 bits per heavy atom. The van der Waals surface area contributed by atoms with Gasteiger partial charge in [-0.2, -0.15) is 4.98 Å². The minimum Gasteiger partial charge on any atom is -0.456 e. The molecule has 0 radical (unpaired) electrons. The highest BCUT2D eigenvalue weighted by molar-refractivity contribution is 5.90. The molecule has 3 heterocycles. The van der Waals surface area contributed by atoms with Crippen LogP contribution < -0.4 is 10.5 Å². The van der Waals surface area contributed by atoms with Crippen molar-refractivity contribution in [2.24, 2.45) is 0 Å². The summed E-state index contributed by atoms with van der Waals surface area (Å²) in [7, 11) is 0. The van der Waals surface area contributed by atoms with Crippen LogP contribution in [-0.4, -0.2) is 32.7 Å². The first kappa shape index (κ1) is 22.8. The molecular weight excluding hydrogens is 440 g/mol. The van der Waals surface area contributed by atoms with Crippen LogP contribution in [0.15, 0.2) is 65.5 Å². The van der Waals surface area contributed by atoms with Crippen molar-refractivity contribution in [1.29, 1.82) is 0 Å². The molecule has 0 spiro atoms. The number of carbonyl (C=O) groups excluding carboxylic acids is 1. The first-order valence-corrected chi connectivity index (χ1v) is 11.8. The second kappa shape index (κ2) is 8.65. The topological polar surface area (TPSA) is 77.3 Å². The third-order valence-electron chi connectivity index (χ3n) is 6.10. The number of hydrogen-bond acceptors (Lipinski definition) is 6. The predicted octanol–water partition coefficient (Wildman–Crippen LogP) is 4.61. The Kier molecular flexibility index (Phi) is 5.63. The number of rotatable bonds is 3. The van der Waals surface area contributed by atoms with Gasteiger partial charge in [-0.25, -0.2) is 9.78 Å². The zero-order valence-electron chi connectivity index (χ0n) is 20.4. The molecule has 1 aliphatic heterocycles. The van der Waals surface area contributed by atoms with E-state index in [2.05, 4.69) is 23.1 Å².